The Morgan fingerprint density at radius 1 is 1.58 bits per heavy atom. The van der Waals surface area contributed by atoms with Gasteiger partial charge in [-0.3, -0.25) is 10.1 Å². The number of nitro benzene ring substituents is 1. The number of halogens is 2. The third-order valence-corrected chi connectivity index (χ3v) is 1.58. The summed E-state index contributed by atoms with van der Waals surface area (Å²) in [6.07, 6.45) is 0. The van der Waals surface area contributed by atoms with Crippen LogP contribution in [0.15, 0.2) is 18.2 Å². The van der Waals surface area contributed by atoms with Gasteiger partial charge in [0.25, 0.3) is 0 Å². The van der Waals surface area contributed by atoms with Crippen LogP contribution in [0.2, 0.25) is 5.02 Å². The minimum absolute atomic E-state index is 0.0948. The second-order valence-electron chi connectivity index (χ2n) is 1.99. The van der Waals surface area contributed by atoms with Gasteiger partial charge >= 0.3 is 5.69 Å². The van der Waals surface area contributed by atoms with E-state index in [1.54, 1.807) is 0 Å². The maximum atomic E-state index is 11.9. The highest BCUT2D eigenvalue weighted by atomic mass is 35.5. The fourth-order valence-corrected chi connectivity index (χ4v) is 1.02. The molecule has 12 heavy (non-hydrogen) atoms. The Morgan fingerprint density at radius 3 is 2.67 bits per heavy atom. The summed E-state index contributed by atoms with van der Waals surface area (Å²) >= 11 is 5.45. The zero-order valence-electron chi connectivity index (χ0n) is 5.75. The number of para-hydroxylation sites is 1. The van der Waals surface area contributed by atoms with Gasteiger partial charge in [0.2, 0.25) is 0 Å². The molecule has 1 rings (SSSR count). The third kappa shape index (κ3) is 1.45. The summed E-state index contributed by atoms with van der Waals surface area (Å²) in [5.41, 5.74) is 0.492. The van der Waals surface area contributed by atoms with Gasteiger partial charge in [-0.2, -0.15) is 0 Å². The number of rotatable bonds is 2. The quantitative estimate of drug-likeness (QED) is 0.443. The van der Waals surface area contributed by atoms with Crippen molar-refractivity contribution < 1.29 is 9.40 Å². The maximum Gasteiger partial charge on any atom is 0.313 e. The van der Waals surface area contributed by atoms with Gasteiger partial charge in [0.15, 0.2) is 0 Å². The van der Waals surface area contributed by atoms with E-state index in [-0.39, 0.29) is 10.7 Å². The maximum absolute atomic E-state index is 11.9. The van der Waals surface area contributed by atoms with Crippen molar-refractivity contribution in [3.63, 3.8) is 0 Å². The van der Waals surface area contributed by atoms with Crippen molar-refractivity contribution in [2.45, 2.75) is 0 Å². The molecule has 0 radical (unpaired) electrons. The van der Waals surface area contributed by atoms with Crippen molar-refractivity contribution >= 4 is 23.0 Å². The summed E-state index contributed by atoms with van der Waals surface area (Å²) in [6, 6.07) is 3.96. The first-order chi connectivity index (χ1) is 5.66. The molecule has 64 valence electrons. The second-order valence-corrected chi connectivity index (χ2v) is 2.39. The van der Waals surface area contributed by atoms with E-state index in [1.165, 1.54) is 23.7 Å². The lowest BCUT2D eigenvalue weighted by atomic mass is 10.3. The lowest BCUT2D eigenvalue weighted by Crippen LogP contribution is -1.94. The molecule has 0 heterocycles. The van der Waals surface area contributed by atoms with Crippen molar-refractivity contribution in [1.82, 2.24) is 0 Å². The number of benzene rings is 1. The molecule has 0 aliphatic rings. The molecule has 0 spiro atoms. The van der Waals surface area contributed by atoms with Crippen molar-refractivity contribution in [2.75, 3.05) is 5.54 Å². The highest BCUT2D eigenvalue weighted by Crippen LogP contribution is 2.31. The first kappa shape index (κ1) is 8.73. The van der Waals surface area contributed by atoms with Gasteiger partial charge in [-0.1, -0.05) is 17.7 Å². The number of nitrogens with one attached hydrogen (secondary N) is 1. The molecule has 0 saturated heterocycles. The summed E-state index contributed by atoms with van der Waals surface area (Å²) in [5, 5.41) is 10.2. The van der Waals surface area contributed by atoms with Crippen LogP contribution in [-0.4, -0.2) is 4.92 Å². The van der Waals surface area contributed by atoms with E-state index < -0.39 is 10.6 Å². The average Bonchev–Trinajstić information content (AvgIpc) is 2.03. The molecular formula is C6H4ClFN2O2. The van der Waals surface area contributed by atoms with E-state index in [4.69, 9.17) is 11.6 Å². The molecule has 1 aromatic carbocycles. The monoisotopic (exact) mass is 190 g/mol. The van der Waals surface area contributed by atoms with Crippen molar-refractivity contribution in [3.8, 4) is 0 Å². The van der Waals surface area contributed by atoms with Gasteiger partial charge in [0, 0.05) is 0 Å². The van der Waals surface area contributed by atoms with Crippen LogP contribution in [0.1, 0.15) is 0 Å². The number of anilines is 1. The molecule has 0 atom stereocenters. The highest BCUT2D eigenvalue weighted by Gasteiger charge is 2.17. The van der Waals surface area contributed by atoms with Crippen LogP contribution in [0.3, 0.4) is 0 Å². The van der Waals surface area contributed by atoms with E-state index in [0.717, 1.165) is 0 Å². The van der Waals surface area contributed by atoms with Gasteiger partial charge in [-0.25, -0.2) is 5.54 Å². The van der Waals surface area contributed by atoms with Gasteiger partial charge < -0.3 is 0 Å². The molecule has 0 unspecified atom stereocenters. The smallest absolute Gasteiger partial charge is 0.258 e. The van der Waals surface area contributed by atoms with Crippen molar-refractivity contribution in [3.05, 3.63) is 33.3 Å². The summed E-state index contributed by atoms with van der Waals surface area (Å²) in [5.74, 6) is 0. The van der Waals surface area contributed by atoms with Crippen molar-refractivity contribution in [1.29, 1.82) is 0 Å². The van der Waals surface area contributed by atoms with Gasteiger partial charge in [0.05, 0.1) is 4.92 Å². The molecule has 1 aromatic rings. The Balaban J connectivity index is 3.29. The minimum Gasteiger partial charge on any atom is -0.258 e. The zero-order chi connectivity index (χ0) is 9.14. The normalized spacial score (nSPS) is 9.50. The molecule has 0 aliphatic carbocycles. The molecule has 6 heteroatoms. The topological polar surface area (TPSA) is 55.2 Å². The van der Waals surface area contributed by atoms with Crippen LogP contribution in [-0.2, 0) is 0 Å². The number of nitrogens with zero attached hydrogens (tertiary/aromatic N) is 1. The van der Waals surface area contributed by atoms with Gasteiger partial charge in [-0.15, -0.1) is 4.48 Å². The molecule has 0 saturated carbocycles. The van der Waals surface area contributed by atoms with E-state index in [9.17, 15) is 14.6 Å². The fraction of sp³-hybridized carbons (Fsp3) is 0. The largest absolute Gasteiger partial charge is 0.313 e. The van der Waals surface area contributed by atoms with Crippen molar-refractivity contribution in [2.24, 2.45) is 0 Å². The molecule has 0 bridgehead atoms. The van der Waals surface area contributed by atoms with Crippen LogP contribution in [0, 0.1) is 10.1 Å². The number of hydrogen-bond donors (Lipinski definition) is 1. The molecule has 0 fully saturated rings. The SMILES string of the molecule is O=[N+]([O-])c1c(Cl)cccc1NF. The average molecular weight is 191 g/mol. The van der Waals surface area contributed by atoms with E-state index in [1.807, 2.05) is 0 Å². The van der Waals surface area contributed by atoms with E-state index in [2.05, 4.69) is 0 Å². The Labute approximate surface area is 72.0 Å². The Kier molecular flexibility index (Phi) is 2.44. The molecule has 0 amide bonds. The van der Waals surface area contributed by atoms with Crippen LogP contribution >= 0.6 is 11.6 Å². The lowest BCUT2D eigenvalue weighted by molar-refractivity contribution is -0.383. The molecule has 4 nitrogen and oxygen atoms in total. The molecule has 0 aliphatic heterocycles. The van der Waals surface area contributed by atoms with Crippen LogP contribution in [0.4, 0.5) is 15.9 Å². The predicted octanol–water partition coefficient (Wildman–Crippen LogP) is 2.54. The molecule has 1 N–H and O–H groups in total. The predicted molar refractivity (Wildman–Crippen MR) is 42.8 cm³/mol. The van der Waals surface area contributed by atoms with Crippen LogP contribution < -0.4 is 5.54 Å². The first-order valence-electron chi connectivity index (χ1n) is 2.96. The summed E-state index contributed by atoms with van der Waals surface area (Å²) < 4.78 is 11.9. The first-order valence-corrected chi connectivity index (χ1v) is 3.34. The van der Waals surface area contributed by atoms with E-state index in [0.29, 0.717) is 0 Å². The van der Waals surface area contributed by atoms with Crippen LogP contribution in [0.5, 0.6) is 0 Å². The second kappa shape index (κ2) is 3.36. The molecule has 0 aromatic heterocycles. The Hall–Kier alpha value is -1.36. The fourth-order valence-electron chi connectivity index (χ4n) is 0.777. The summed E-state index contributed by atoms with van der Waals surface area (Å²) in [4.78, 5) is 9.57. The van der Waals surface area contributed by atoms with Gasteiger partial charge in [-0.05, 0) is 12.1 Å². The van der Waals surface area contributed by atoms with E-state index >= 15 is 0 Å². The Morgan fingerprint density at radius 2 is 2.25 bits per heavy atom. The Bertz CT molecular complexity index is 318. The summed E-state index contributed by atoms with van der Waals surface area (Å²) in [6.45, 7) is 0. The lowest BCUT2D eigenvalue weighted by Gasteiger charge is -1.99. The zero-order valence-corrected chi connectivity index (χ0v) is 6.51. The standard InChI is InChI=1S/C6H4ClFN2O2/c7-4-2-1-3-5(9-8)6(4)10(11)12/h1-3,9H. The van der Waals surface area contributed by atoms with Gasteiger partial charge in [0.1, 0.15) is 10.7 Å². The van der Waals surface area contributed by atoms with Crippen LogP contribution in [0.25, 0.3) is 0 Å². The molecular weight excluding hydrogens is 187 g/mol. The number of nitro groups is 1. The summed E-state index contributed by atoms with van der Waals surface area (Å²) in [7, 11) is 0. The minimum atomic E-state index is -0.746. The number of hydrogen-bond acceptors (Lipinski definition) is 3. The highest BCUT2D eigenvalue weighted by molar-refractivity contribution is 6.33. The third-order valence-electron chi connectivity index (χ3n) is 1.27.